The molecule has 3 heterocycles. The summed E-state index contributed by atoms with van der Waals surface area (Å²) < 4.78 is 74.4. The fourth-order valence-corrected chi connectivity index (χ4v) is 4.55. The first-order valence-electron chi connectivity index (χ1n) is 11.5. The van der Waals surface area contributed by atoms with Crippen molar-refractivity contribution in [2.24, 2.45) is 11.7 Å². The minimum absolute atomic E-state index is 0.00981. The second kappa shape index (κ2) is 10.9. The molecule has 0 bridgehead atoms. The molecule has 3 atom stereocenters. The van der Waals surface area contributed by atoms with Gasteiger partial charge in [-0.2, -0.15) is 17.6 Å². The summed E-state index contributed by atoms with van der Waals surface area (Å²) in [5.74, 6) is -1.78. The number of hydrogen-bond donors (Lipinski definition) is 2. The number of halogens is 5. The van der Waals surface area contributed by atoms with Crippen molar-refractivity contribution in [1.29, 1.82) is 0 Å². The van der Waals surface area contributed by atoms with Crippen LogP contribution in [0.5, 0.6) is 0 Å². The summed E-state index contributed by atoms with van der Waals surface area (Å²) >= 11 is 0. The van der Waals surface area contributed by atoms with E-state index in [-0.39, 0.29) is 51.0 Å². The predicted molar refractivity (Wildman–Crippen MR) is 121 cm³/mol. The molecule has 13 heteroatoms. The van der Waals surface area contributed by atoms with Crippen molar-refractivity contribution in [1.82, 2.24) is 14.9 Å². The van der Waals surface area contributed by atoms with Gasteiger partial charge in [0.15, 0.2) is 11.6 Å². The molecule has 196 valence electrons. The van der Waals surface area contributed by atoms with Crippen molar-refractivity contribution in [3.8, 4) is 0 Å². The van der Waals surface area contributed by atoms with E-state index in [0.717, 1.165) is 12.1 Å². The highest BCUT2D eigenvalue weighted by atomic mass is 19.4. The molecule has 3 N–H and O–H groups in total. The normalized spacial score (nSPS) is 23.5. The number of morpholine rings is 1. The van der Waals surface area contributed by atoms with E-state index >= 15 is 4.39 Å². The van der Waals surface area contributed by atoms with Gasteiger partial charge in [-0.25, -0.2) is 14.4 Å². The fourth-order valence-electron chi connectivity index (χ4n) is 4.55. The maximum Gasteiger partial charge on any atom is 0.416 e. The van der Waals surface area contributed by atoms with Gasteiger partial charge in [-0.05, 0) is 30.7 Å². The van der Waals surface area contributed by atoms with Gasteiger partial charge in [0.25, 0.3) is 0 Å². The number of alkyl halides is 4. The molecule has 0 aliphatic carbocycles. The van der Waals surface area contributed by atoms with Crippen LogP contribution in [0.25, 0.3) is 0 Å². The highest BCUT2D eigenvalue weighted by molar-refractivity contribution is 5.75. The van der Waals surface area contributed by atoms with Gasteiger partial charge in [-0.1, -0.05) is 12.1 Å². The molecule has 2 aliphatic rings. The van der Waals surface area contributed by atoms with E-state index in [1.165, 1.54) is 18.5 Å². The second-order valence-electron chi connectivity index (χ2n) is 8.91. The van der Waals surface area contributed by atoms with Crippen LogP contribution in [-0.4, -0.2) is 72.9 Å². The minimum Gasteiger partial charge on any atom is -0.377 e. The zero-order valence-electron chi connectivity index (χ0n) is 19.3. The van der Waals surface area contributed by atoms with Crippen LogP contribution in [0.1, 0.15) is 23.6 Å². The Kier molecular flexibility index (Phi) is 7.88. The Bertz CT molecular complexity index is 1050. The third-order valence-electron chi connectivity index (χ3n) is 6.47. The number of benzene rings is 1. The Morgan fingerprint density at radius 3 is 2.61 bits per heavy atom. The monoisotopic (exact) mass is 514 g/mol. The third-order valence-corrected chi connectivity index (χ3v) is 6.47. The molecule has 36 heavy (non-hydrogen) atoms. The average Bonchev–Trinajstić information content (AvgIpc) is 2.83. The molecule has 0 spiro atoms. The van der Waals surface area contributed by atoms with E-state index in [9.17, 15) is 22.4 Å². The summed E-state index contributed by atoms with van der Waals surface area (Å²) in [5, 5.41) is 2.87. The lowest BCUT2D eigenvalue weighted by atomic mass is 9.95. The average molecular weight is 514 g/mol. The molecule has 1 aromatic carbocycles. The lowest BCUT2D eigenvalue weighted by molar-refractivity contribution is -0.137. The predicted octanol–water partition coefficient (Wildman–Crippen LogP) is 2.77. The Balaban J connectivity index is 1.46. The Labute approximate surface area is 204 Å². The molecule has 2 fully saturated rings. The summed E-state index contributed by atoms with van der Waals surface area (Å²) in [6.07, 6.45) is -4.04. The first-order chi connectivity index (χ1) is 17.1. The Hall–Kier alpha value is -3.06. The number of aromatic nitrogens is 2. The first-order valence-corrected chi connectivity index (χ1v) is 11.5. The summed E-state index contributed by atoms with van der Waals surface area (Å²) in [4.78, 5) is 22.4. The lowest BCUT2D eigenvalue weighted by Crippen LogP contribution is -2.46. The smallest absolute Gasteiger partial charge is 0.377 e. The summed E-state index contributed by atoms with van der Waals surface area (Å²) in [7, 11) is 0. The molecule has 2 unspecified atom stereocenters. The number of carbonyl (C=O) groups is 1. The zero-order chi connectivity index (χ0) is 25.9. The Morgan fingerprint density at radius 2 is 1.94 bits per heavy atom. The van der Waals surface area contributed by atoms with Crippen LogP contribution < -0.4 is 16.0 Å². The van der Waals surface area contributed by atoms with E-state index in [2.05, 4.69) is 15.3 Å². The van der Waals surface area contributed by atoms with Crippen LogP contribution in [0.15, 0.2) is 30.6 Å². The maximum absolute atomic E-state index is 15.5. The highest BCUT2D eigenvalue weighted by Gasteiger charge is 2.33. The van der Waals surface area contributed by atoms with Crippen molar-refractivity contribution in [2.45, 2.75) is 24.8 Å². The number of anilines is 2. The highest BCUT2D eigenvalue weighted by Crippen LogP contribution is 2.34. The molecule has 2 aliphatic heterocycles. The van der Waals surface area contributed by atoms with Gasteiger partial charge in [-0.15, -0.1) is 0 Å². The molecular weight excluding hydrogens is 487 g/mol. The summed E-state index contributed by atoms with van der Waals surface area (Å²) in [6, 6.07) is 4.10. The van der Waals surface area contributed by atoms with Crippen molar-refractivity contribution in [3.63, 3.8) is 0 Å². The third kappa shape index (κ3) is 6.01. The molecule has 0 saturated carbocycles. The van der Waals surface area contributed by atoms with E-state index < -0.39 is 41.6 Å². The fraction of sp³-hybridized carbons (Fsp3) is 0.522. The van der Waals surface area contributed by atoms with Crippen LogP contribution in [0.3, 0.4) is 0 Å². The molecule has 1 amide bonds. The number of rotatable bonds is 7. The number of piperidine rings is 1. The van der Waals surface area contributed by atoms with Crippen LogP contribution in [0, 0.1) is 11.7 Å². The van der Waals surface area contributed by atoms with Gasteiger partial charge in [0.2, 0.25) is 11.7 Å². The number of likely N-dealkylation sites (tertiary alicyclic amines) is 1. The quantitative estimate of drug-likeness (QED) is 0.549. The van der Waals surface area contributed by atoms with Gasteiger partial charge in [-0.3, -0.25) is 9.69 Å². The SMILES string of the molecule is NC(=O)CN1CCC(CNc2ncnc(N3CCOC[C@@H]3c3ccc(C(F)(F)F)cc3)c2F)C(F)C1. The van der Waals surface area contributed by atoms with Crippen LogP contribution >= 0.6 is 0 Å². The molecular formula is C23H27F5N6O2. The van der Waals surface area contributed by atoms with E-state index in [4.69, 9.17) is 10.5 Å². The molecule has 2 aromatic rings. The van der Waals surface area contributed by atoms with Gasteiger partial charge in [0, 0.05) is 25.6 Å². The van der Waals surface area contributed by atoms with E-state index in [0.29, 0.717) is 18.5 Å². The van der Waals surface area contributed by atoms with Crippen LogP contribution in [-0.2, 0) is 15.7 Å². The van der Waals surface area contributed by atoms with Gasteiger partial charge < -0.3 is 20.7 Å². The molecule has 1 aromatic heterocycles. The molecule has 4 rings (SSSR count). The van der Waals surface area contributed by atoms with E-state index in [1.807, 2.05) is 0 Å². The van der Waals surface area contributed by atoms with Crippen LogP contribution in [0.4, 0.5) is 33.6 Å². The number of carbonyl (C=O) groups excluding carboxylic acids is 1. The number of nitrogens with two attached hydrogens (primary N) is 1. The van der Waals surface area contributed by atoms with E-state index in [1.54, 1.807) is 9.80 Å². The molecule has 8 nitrogen and oxygen atoms in total. The number of nitrogens with one attached hydrogen (secondary N) is 1. The topological polar surface area (TPSA) is 96.6 Å². The number of nitrogens with zero attached hydrogens (tertiary/aromatic N) is 4. The van der Waals surface area contributed by atoms with Crippen molar-refractivity contribution < 1.29 is 31.5 Å². The number of ether oxygens (including phenoxy) is 1. The lowest BCUT2D eigenvalue weighted by Gasteiger charge is -2.37. The van der Waals surface area contributed by atoms with Crippen LogP contribution in [0.2, 0.25) is 0 Å². The maximum atomic E-state index is 15.5. The number of hydrogen-bond acceptors (Lipinski definition) is 7. The molecule has 0 radical (unpaired) electrons. The number of amides is 1. The van der Waals surface area contributed by atoms with Crippen molar-refractivity contribution in [3.05, 3.63) is 47.5 Å². The minimum atomic E-state index is -4.46. The standard InChI is InChI=1S/C23H27F5N6O2/c24-17-10-33(11-19(29)35)6-5-15(17)9-30-21-20(25)22(32-13-31-21)34-7-8-36-12-18(34)14-1-3-16(4-2-14)23(26,27)28/h1-4,13,15,17-18H,5-12H2,(H2,29,35)(H,30,31,32)/t15?,17?,18-/m1/s1. The largest absolute Gasteiger partial charge is 0.416 e. The summed E-state index contributed by atoms with van der Waals surface area (Å²) in [5.41, 5.74) is 4.92. The zero-order valence-corrected chi connectivity index (χ0v) is 19.3. The van der Waals surface area contributed by atoms with Crippen molar-refractivity contribution in [2.75, 3.05) is 56.2 Å². The second-order valence-corrected chi connectivity index (χ2v) is 8.91. The molecule has 2 saturated heterocycles. The van der Waals surface area contributed by atoms with Gasteiger partial charge in [0.1, 0.15) is 12.5 Å². The number of primary amides is 1. The Morgan fingerprint density at radius 1 is 1.19 bits per heavy atom. The van der Waals surface area contributed by atoms with Gasteiger partial charge in [0.05, 0.1) is 31.4 Å². The van der Waals surface area contributed by atoms with Gasteiger partial charge >= 0.3 is 6.18 Å². The van der Waals surface area contributed by atoms with Crippen molar-refractivity contribution >= 4 is 17.5 Å². The summed E-state index contributed by atoms with van der Waals surface area (Å²) in [6.45, 7) is 1.38. The first kappa shape index (κ1) is 26.0.